The zero-order valence-corrected chi connectivity index (χ0v) is 19.8. The highest BCUT2D eigenvalue weighted by Crippen LogP contribution is 2.14. The minimum absolute atomic E-state index is 0.119. The normalized spacial score (nSPS) is 12.9. The van der Waals surface area contributed by atoms with E-state index in [1.54, 1.807) is 0 Å². The van der Waals surface area contributed by atoms with Crippen LogP contribution in [0.25, 0.3) is 0 Å². The molecular formula is C22H45NO6S. The van der Waals surface area contributed by atoms with Gasteiger partial charge in [0.15, 0.2) is 0 Å². The van der Waals surface area contributed by atoms with Crippen molar-refractivity contribution < 1.29 is 26.7 Å². The summed E-state index contributed by atoms with van der Waals surface area (Å²) in [6.07, 6.45) is 20.3. The van der Waals surface area contributed by atoms with E-state index in [2.05, 4.69) is 11.1 Å². The van der Waals surface area contributed by atoms with Crippen molar-refractivity contribution in [1.82, 2.24) is 0 Å². The molecule has 1 unspecified atom stereocenters. The minimum atomic E-state index is -4.48. The number of hydrogen-bond acceptors (Lipinski definition) is 5. The molecule has 0 radical (unpaired) electrons. The first-order valence-electron chi connectivity index (χ1n) is 11.9. The summed E-state index contributed by atoms with van der Waals surface area (Å²) < 4.78 is 38.7. The van der Waals surface area contributed by atoms with E-state index in [1.807, 2.05) is 0 Å². The zero-order valence-electron chi connectivity index (χ0n) is 19.0. The molecule has 8 heteroatoms. The van der Waals surface area contributed by atoms with E-state index in [0.717, 1.165) is 19.3 Å². The van der Waals surface area contributed by atoms with Crippen molar-refractivity contribution in [1.29, 1.82) is 0 Å². The Labute approximate surface area is 184 Å². The fraction of sp³-hybridized carbons (Fsp3) is 0.955. The van der Waals surface area contributed by atoms with Gasteiger partial charge in [-0.2, -0.15) is 8.42 Å². The van der Waals surface area contributed by atoms with Gasteiger partial charge in [-0.25, -0.2) is 4.18 Å². The lowest BCUT2D eigenvalue weighted by Gasteiger charge is -2.14. The quantitative estimate of drug-likeness (QED) is 0.160. The van der Waals surface area contributed by atoms with E-state index < -0.39 is 22.4 Å². The zero-order chi connectivity index (χ0) is 22.5. The molecule has 30 heavy (non-hydrogen) atoms. The van der Waals surface area contributed by atoms with Gasteiger partial charge in [0.05, 0.1) is 13.2 Å². The maximum absolute atomic E-state index is 11.4. The Bertz CT molecular complexity index is 498. The van der Waals surface area contributed by atoms with Crippen LogP contribution < -0.4 is 5.73 Å². The summed E-state index contributed by atoms with van der Waals surface area (Å²) in [5.41, 5.74) is 5.30. The lowest BCUT2D eigenvalue weighted by Crippen LogP contribution is -2.32. The molecule has 0 aromatic rings. The molecule has 0 fully saturated rings. The second-order valence-electron chi connectivity index (χ2n) is 8.10. The van der Waals surface area contributed by atoms with Crippen LogP contribution in [-0.4, -0.2) is 38.2 Å². The fourth-order valence-electron chi connectivity index (χ4n) is 3.52. The molecule has 0 rings (SSSR count). The number of hydrogen-bond donors (Lipinski definition) is 2. The topological polar surface area (TPSA) is 116 Å². The maximum atomic E-state index is 11.4. The van der Waals surface area contributed by atoms with Gasteiger partial charge in [-0.05, 0) is 6.42 Å². The number of carbonyl (C=O) groups is 1. The van der Waals surface area contributed by atoms with Crippen molar-refractivity contribution >= 4 is 16.3 Å². The number of nitrogens with two attached hydrogens (primary N) is 1. The monoisotopic (exact) mass is 451 g/mol. The Kier molecular flexibility index (Phi) is 19.7. The summed E-state index contributed by atoms with van der Waals surface area (Å²) in [5, 5.41) is 0. The molecule has 1 atom stereocenters. The van der Waals surface area contributed by atoms with Gasteiger partial charge >= 0.3 is 10.4 Å². The predicted molar refractivity (Wildman–Crippen MR) is 121 cm³/mol. The van der Waals surface area contributed by atoms with Gasteiger partial charge in [-0.15, -0.1) is 0 Å². The van der Waals surface area contributed by atoms with Gasteiger partial charge in [0.25, 0.3) is 0 Å². The highest BCUT2D eigenvalue weighted by Gasteiger charge is 2.15. The van der Waals surface area contributed by atoms with E-state index in [-0.39, 0.29) is 13.2 Å². The second kappa shape index (κ2) is 20.2. The van der Waals surface area contributed by atoms with Gasteiger partial charge < -0.3 is 10.5 Å². The third kappa shape index (κ3) is 22.0. The standard InChI is InChI=1S/C22H45NO6S/c1-2-3-4-5-6-7-8-9-10-11-12-13-14-15-16-17-18-21(22(23)24)28-19-20-29-30(25,26)27/h21H,2-20H2,1H3,(H2,23,24)(H,25,26,27). The molecule has 0 saturated heterocycles. The number of unbranched alkanes of at least 4 members (excludes halogenated alkanes) is 15. The Hall–Kier alpha value is -0.700. The molecule has 7 nitrogen and oxygen atoms in total. The van der Waals surface area contributed by atoms with E-state index in [1.165, 1.54) is 83.5 Å². The molecule has 0 aliphatic heterocycles. The second-order valence-corrected chi connectivity index (χ2v) is 9.19. The number of carbonyl (C=O) groups excluding carboxylic acids is 1. The van der Waals surface area contributed by atoms with Crippen molar-refractivity contribution in [2.75, 3.05) is 13.2 Å². The highest BCUT2D eigenvalue weighted by atomic mass is 32.3. The Balaban J connectivity index is 3.42. The molecule has 0 bridgehead atoms. The Morgan fingerprint density at radius 3 is 1.53 bits per heavy atom. The number of amides is 1. The summed E-state index contributed by atoms with van der Waals surface area (Å²) >= 11 is 0. The first kappa shape index (κ1) is 29.3. The third-order valence-corrected chi connectivity index (χ3v) is 5.74. The Morgan fingerprint density at radius 1 is 0.767 bits per heavy atom. The molecule has 1 amide bonds. The number of primary amides is 1. The summed E-state index contributed by atoms with van der Waals surface area (Å²) in [6, 6.07) is 0. The van der Waals surface area contributed by atoms with Crippen LogP contribution in [0.15, 0.2) is 0 Å². The van der Waals surface area contributed by atoms with Crippen molar-refractivity contribution in [3.8, 4) is 0 Å². The molecule has 0 heterocycles. The first-order valence-corrected chi connectivity index (χ1v) is 13.3. The van der Waals surface area contributed by atoms with Gasteiger partial charge in [0.1, 0.15) is 6.10 Å². The molecule has 0 aromatic heterocycles. The number of ether oxygens (including phenoxy) is 1. The van der Waals surface area contributed by atoms with Crippen LogP contribution in [0.5, 0.6) is 0 Å². The molecule has 0 aliphatic rings. The van der Waals surface area contributed by atoms with E-state index in [4.69, 9.17) is 15.0 Å². The van der Waals surface area contributed by atoms with Crippen LogP contribution in [0.1, 0.15) is 116 Å². The SMILES string of the molecule is CCCCCCCCCCCCCCCCCCC(OCCOS(=O)(=O)O)C(N)=O. The molecule has 180 valence electrons. The van der Waals surface area contributed by atoms with Crippen LogP contribution >= 0.6 is 0 Å². The highest BCUT2D eigenvalue weighted by molar-refractivity contribution is 7.80. The van der Waals surface area contributed by atoms with E-state index in [0.29, 0.717) is 6.42 Å². The molecule has 0 spiro atoms. The van der Waals surface area contributed by atoms with E-state index >= 15 is 0 Å². The van der Waals surface area contributed by atoms with Crippen molar-refractivity contribution in [3.05, 3.63) is 0 Å². The van der Waals surface area contributed by atoms with Crippen molar-refractivity contribution in [2.45, 2.75) is 122 Å². The number of rotatable bonds is 23. The van der Waals surface area contributed by atoms with Gasteiger partial charge in [-0.3, -0.25) is 9.35 Å². The summed E-state index contributed by atoms with van der Waals surface area (Å²) in [6.45, 7) is 1.79. The summed E-state index contributed by atoms with van der Waals surface area (Å²) in [4.78, 5) is 11.4. The molecule has 0 aliphatic carbocycles. The van der Waals surface area contributed by atoms with Crippen LogP contribution in [0.2, 0.25) is 0 Å². The molecular weight excluding hydrogens is 406 g/mol. The smallest absolute Gasteiger partial charge is 0.367 e. The molecule has 0 saturated carbocycles. The Morgan fingerprint density at radius 2 is 1.17 bits per heavy atom. The van der Waals surface area contributed by atoms with Crippen molar-refractivity contribution in [2.24, 2.45) is 5.73 Å². The first-order chi connectivity index (χ1) is 14.4. The van der Waals surface area contributed by atoms with Crippen LogP contribution in [-0.2, 0) is 24.1 Å². The largest absolute Gasteiger partial charge is 0.397 e. The summed E-state index contributed by atoms with van der Waals surface area (Å²) in [5.74, 6) is -0.567. The van der Waals surface area contributed by atoms with Gasteiger partial charge in [0.2, 0.25) is 5.91 Å². The lowest BCUT2D eigenvalue weighted by atomic mass is 10.0. The van der Waals surface area contributed by atoms with Crippen LogP contribution in [0.3, 0.4) is 0 Å². The lowest BCUT2D eigenvalue weighted by molar-refractivity contribution is -0.130. The van der Waals surface area contributed by atoms with Gasteiger partial charge in [-0.1, -0.05) is 110 Å². The average Bonchev–Trinajstić information content (AvgIpc) is 2.68. The average molecular weight is 452 g/mol. The van der Waals surface area contributed by atoms with Crippen molar-refractivity contribution in [3.63, 3.8) is 0 Å². The van der Waals surface area contributed by atoms with Gasteiger partial charge in [0, 0.05) is 0 Å². The maximum Gasteiger partial charge on any atom is 0.397 e. The van der Waals surface area contributed by atoms with E-state index in [9.17, 15) is 13.2 Å². The predicted octanol–water partition coefficient (Wildman–Crippen LogP) is 5.33. The molecule has 3 N–H and O–H groups in total. The van der Waals surface area contributed by atoms with Crippen LogP contribution in [0, 0.1) is 0 Å². The summed E-state index contributed by atoms with van der Waals surface area (Å²) in [7, 11) is -4.48. The third-order valence-electron chi connectivity index (χ3n) is 5.27. The fourth-order valence-corrected chi connectivity index (χ4v) is 3.79. The minimum Gasteiger partial charge on any atom is -0.367 e. The molecule has 0 aromatic carbocycles. The van der Waals surface area contributed by atoms with Crippen LogP contribution in [0.4, 0.5) is 0 Å².